The summed E-state index contributed by atoms with van der Waals surface area (Å²) in [5, 5.41) is 23.5. The van der Waals surface area contributed by atoms with Crippen LogP contribution in [0.2, 0.25) is 0 Å². The molecule has 0 aliphatic carbocycles. The van der Waals surface area contributed by atoms with Crippen LogP contribution in [0.5, 0.6) is 5.75 Å². The molecule has 2 N–H and O–H groups in total. The van der Waals surface area contributed by atoms with E-state index in [1.165, 1.54) is 0 Å². The fraction of sp³-hybridized carbons (Fsp3) is 0.318. The summed E-state index contributed by atoms with van der Waals surface area (Å²) in [6.07, 6.45) is 4.35. The largest absolute Gasteiger partial charge is 0.491 e. The number of rotatable bonds is 4. The zero-order chi connectivity index (χ0) is 19.7. The third kappa shape index (κ3) is 3.66. The van der Waals surface area contributed by atoms with E-state index in [2.05, 4.69) is 15.5 Å². The normalized spacial score (nSPS) is 20.0. The van der Waals surface area contributed by atoms with Gasteiger partial charge < -0.3 is 15.2 Å². The SMILES string of the molecule is OC1(COc2ccc3nc(-c4nnc5ccccn45)ccc3c2)CCCNCC1. The highest BCUT2D eigenvalue weighted by molar-refractivity contribution is 5.82. The molecule has 29 heavy (non-hydrogen) atoms. The first-order chi connectivity index (χ1) is 14.2. The second-order valence-corrected chi connectivity index (χ2v) is 7.62. The van der Waals surface area contributed by atoms with Crippen LogP contribution in [0.15, 0.2) is 54.7 Å². The topological polar surface area (TPSA) is 84.6 Å². The Morgan fingerprint density at radius 2 is 2.03 bits per heavy atom. The molecule has 0 radical (unpaired) electrons. The number of fused-ring (bicyclic) bond motifs is 2. The third-order valence-electron chi connectivity index (χ3n) is 5.47. The summed E-state index contributed by atoms with van der Waals surface area (Å²) in [7, 11) is 0. The van der Waals surface area contributed by atoms with Gasteiger partial charge in [0.25, 0.3) is 0 Å². The van der Waals surface area contributed by atoms with Gasteiger partial charge in [-0.2, -0.15) is 0 Å². The van der Waals surface area contributed by atoms with E-state index in [1.807, 2.05) is 59.1 Å². The highest BCUT2D eigenvalue weighted by atomic mass is 16.5. The van der Waals surface area contributed by atoms with Gasteiger partial charge in [0, 0.05) is 11.6 Å². The van der Waals surface area contributed by atoms with Crippen molar-refractivity contribution in [2.75, 3.05) is 19.7 Å². The van der Waals surface area contributed by atoms with E-state index in [9.17, 15) is 5.11 Å². The Labute approximate surface area is 168 Å². The monoisotopic (exact) mass is 389 g/mol. The molecule has 7 nitrogen and oxygen atoms in total. The Morgan fingerprint density at radius 3 is 3.00 bits per heavy atom. The molecule has 5 rings (SSSR count). The lowest BCUT2D eigenvalue weighted by Gasteiger charge is -2.26. The Hall–Kier alpha value is -3.03. The minimum atomic E-state index is -0.769. The molecule has 0 bridgehead atoms. The maximum atomic E-state index is 10.8. The van der Waals surface area contributed by atoms with Crippen LogP contribution in [0.25, 0.3) is 28.1 Å². The van der Waals surface area contributed by atoms with Crippen LogP contribution >= 0.6 is 0 Å². The number of hydrogen-bond acceptors (Lipinski definition) is 6. The molecule has 4 aromatic rings. The number of pyridine rings is 2. The molecule has 0 spiro atoms. The minimum Gasteiger partial charge on any atom is -0.491 e. The number of nitrogens with one attached hydrogen (secondary N) is 1. The summed E-state index contributed by atoms with van der Waals surface area (Å²) in [5.41, 5.74) is 1.65. The molecule has 4 heterocycles. The first-order valence-electron chi connectivity index (χ1n) is 9.97. The lowest BCUT2D eigenvalue weighted by Crippen LogP contribution is -2.36. The van der Waals surface area contributed by atoms with Gasteiger partial charge in [-0.25, -0.2) is 4.98 Å². The zero-order valence-corrected chi connectivity index (χ0v) is 16.1. The Balaban J connectivity index is 1.38. The van der Waals surface area contributed by atoms with Crippen molar-refractivity contribution in [1.29, 1.82) is 0 Å². The van der Waals surface area contributed by atoms with Crippen molar-refractivity contribution in [2.24, 2.45) is 0 Å². The van der Waals surface area contributed by atoms with E-state index in [-0.39, 0.29) is 0 Å². The predicted octanol–water partition coefficient (Wildman–Crippen LogP) is 2.83. The lowest BCUT2D eigenvalue weighted by molar-refractivity contribution is -0.0146. The van der Waals surface area contributed by atoms with Crippen molar-refractivity contribution in [3.8, 4) is 17.3 Å². The number of hydrogen-bond donors (Lipinski definition) is 2. The third-order valence-corrected chi connectivity index (χ3v) is 5.47. The van der Waals surface area contributed by atoms with E-state index in [0.29, 0.717) is 18.9 Å². The van der Waals surface area contributed by atoms with Crippen molar-refractivity contribution < 1.29 is 9.84 Å². The van der Waals surface area contributed by atoms with E-state index < -0.39 is 5.60 Å². The molecule has 0 saturated carbocycles. The number of benzene rings is 1. The van der Waals surface area contributed by atoms with Gasteiger partial charge in [0.15, 0.2) is 11.5 Å². The van der Waals surface area contributed by atoms with Crippen LogP contribution in [0.3, 0.4) is 0 Å². The molecular weight excluding hydrogens is 366 g/mol. The standard InChI is InChI=1S/C22H23N5O2/c28-22(9-3-11-23-12-10-22)15-29-17-6-8-18-16(14-17)5-7-19(24-18)21-26-25-20-4-1-2-13-27(20)21/h1-2,4-8,13-14,23,28H,3,9-12,15H2. The Bertz CT molecular complexity index is 1150. The molecule has 7 heteroatoms. The van der Waals surface area contributed by atoms with Crippen molar-refractivity contribution in [2.45, 2.75) is 24.9 Å². The van der Waals surface area contributed by atoms with Crippen molar-refractivity contribution >= 4 is 16.6 Å². The highest BCUT2D eigenvalue weighted by Crippen LogP contribution is 2.26. The molecule has 1 aromatic carbocycles. The lowest BCUT2D eigenvalue weighted by atomic mass is 9.96. The molecule has 0 amide bonds. The number of ether oxygens (including phenoxy) is 1. The smallest absolute Gasteiger partial charge is 0.187 e. The van der Waals surface area contributed by atoms with E-state index in [1.54, 1.807) is 0 Å². The zero-order valence-electron chi connectivity index (χ0n) is 16.1. The molecule has 1 saturated heterocycles. The number of aliphatic hydroxyl groups is 1. The van der Waals surface area contributed by atoms with Crippen molar-refractivity contribution in [1.82, 2.24) is 24.9 Å². The van der Waals surface area contributed by atoms with Gasteiger partial charge in [0.05, 0.1) is 11.1 Å². The summed E-state index contributed by atoms with van der Waals surface area (Å²) >= 11 is 0. The predicted molar refractivity (Wildman–Crippen MR) is 111 cm³/mol. The van der Waals surface area contributed by atoms with Gasteiger partial charge in [-0.1, -0.05) is 12.1 Å². The van der Waals surface area contributed by atoms with Gasteiger partial charge in [0.1, 0.15) is 18.1 Å². The fourth-order valence-corrected chi connectivity index (χ4v) is 3.81. The van der Waals surface area contributed by atoms with Crippen LogP contribution in [0.1, 0.15) is 19.3 Å². The first kappa shape index (κ1) is 18.0. The quantitative estimate of drug-likeness (QED) is 0.558. The second-order valence-electron chi connectivity index (χ2n) is 7.62. The second kappa shape index (κ2) is 7.42. The van der Waals surface area contributed by atoms with Crippen LogP contribution in [0.4, 0.5) is 0 Å². The van der Waals surface area contributed by atoms with E-state index in [4.69, 9.17) is 9.72 Å². The van der Waals surface area contributed by atoms with Gasteiger partial charge in [0.2, 0.25) is 0 Å². The summed E-state index contributed by atoms with van der Waals surface area (Å²) in [5.74, 6) is 1.46. The molecule has 1 atom stereocenters. The van der Waals surface area contributed by atoms with Gasteiger partial charge >= 0.3 is 0 Å². The summed E-state index contributed by atoms with van der Waals surface area (Å²) in [6, 6.07) is 15.6. The van der Waals surface area contributed by atoms with E-state index in [0.717, 1.165) is 53.9 Å². The van der Waals surface area contributed by atoms with Crippen LogP contribution in [0, 0.1) is 0 Å². The van der Waals surface area contributed by atoms with Crippen LogP contribution in [-0.4, -0.2) is 50.0 Å². The highest BCUT2D eigenvalue weighted by Gasteiger charge is 2.28. The maximum absolute atomic E-state index is 10.8. The summed E-state index contributed by atoms with van der Waals surface area (Å²) in [6.45, 7) is 2.08. The number of aromatic nitrogens is 4. The molecule has 1 aliphatic heterocycles. The Morgan fingerprint density at radius 1 is 1.07 bits per heavy atom. The van der Waals surface area contributed by atoms with Crippen LogP contribution in [-0.2, 0) is 0 Å². The first-order valence-corrected chi connectivity index (χ1v) is 9.97. The van der Waals surface area contributed by atoms with E-state index >= 15 is 0 Å². The van der Waals surface area contributed by atoms with Crippen LogP contribution < -0.4 is 10.1 Å². The average molecular weight is 389 g/mol. The van der Waals surface area contributed by atoms with Crippen molar-refractivity contribution in [3.63, 3.8) is 0 Å². The Kier molecular flexibility index (Phi) is 4.61. The fourth-order valence-electron chi connectivity index (χ4n) is 3.81. The molecule has 3 aromatic heterocycles. The maximum Gasteiger partial charge on any atom is 0.187 e. The molecular formula is C22H23N5O2. The van der Waals surface area contributed by atoms with Crippen molar-refractivity contribution in [3.05, 3.63) is 54.7 Å². The van der Waals surface area contributed by atoms with Gasteiger partial charge in [-0.15, -0.1) is 10.2 Å². The van der Waals surface area contributed by atoms with Gasteiger partial charge in [-0.05, 0) is 68.8 Å². The molecule has 1 unspecified atom stereocenters. The summed E-state index contributed by atoms with van der Waals surface area (Å²) in [4.78, 5) is 4.75. The molecule has 148 valence electrons. The summed E-state index contributed by atoms with van der Waals surface area (Å²) < 4.78 is 7.86. The minimum absolute atomic E-state index is 0.303. The number of nitrogens with zero attached hydrogens (tertiary/aromatic N) is 4. The van der Waals surface area contributed by atoms with Gasteiger partial charge in [-0.3, -0.25) is 4.40 Å². The average Bonchev–Trinajstić information content (AvgIpc) is 3.06. The molecule has 1 fully saturated rings. The molecule has 1 aliphatic rings.